The number of hydrazone groups is 1. The summed E-state index contributed by atoms with van der Waals surface area (Å²) in [5, 5.41) is 5.43. The van der Waals surface area contributed by atoms with Gasteiger partial charge in [-0.15, -0.1) is 0 Å². The molecule has 7 nitrogen and oxygen atoms in total. The molecule has 0 aliphatic heterocycles. The van der Waals surface area contributed by atoms with E-state index in [0.717, 1.165) is 16.5 Å². The highest BCUT2D eigenvalue weighted by molar-refractivity contribution is 7.92. The van der Waals surface area contributed by atoms with Crippen molar-refractivity contribution in [1.82, 2.24) is 4.98 Å². The molecule has 0 atom stereocenters. The van der Waals surface area contributed by atoms with Crippen LogP contribution in [0.15, 0.2) is 94.9 Å². The van der Waals surface area contributed by atoms with Gasteiger partial charge in [-0.05, 0) is 67.1 Å². The lowest BCUT2D eigenvalue weighted by Crippen LogP contribution is -2.13. The summed E-state index contributed by atoms with van der Waals surface area (Å²) in [6.45, 7) is 1.84. The van der Waals surface area contributed by atoms with Gasteiger partial charge in [-0.25, -0.2) is 13.4 Å². The number of aromatic nitrogens is 1. The Balaban J connectivity index is 1.46. The number of nitrogens with one attached hydrogen (secondary N) is 2. The molecule has 0 unspecified atom stereocenters. The number of anilines is 2. The van der Waals surface area contributed by atoms with Crippen molar-refractivity contribution >= 4 is 38.1 Å². The third-order valence-corrected chi connectivity index (χ3v) is 6.26. The number of nitrogens with zero attached hydrogens (tertiary/aromatic N) is 2. The Morgan fingerprint density at radius 3 is 2.34 bits per heavy atom. The van der Waals surface area contributed by atoms with E-state index in [2.05, 4.69) is 20.2 Å². The number of hydrogen-bond acceptors (Lipinski definition) is 6. The van der Waals surface area contributed by atoms with Crippen molar-refractivity contribution in [3.8, 4) is 5.75 Å². The fourth-order valence-corrected chi connectivity index (χ4v) is 4.14. The Morgan fingerprint density at radius 1 is 0.906 bits per heavy atom. The van der Waals surface area contributed by atoms with E-state index >= 15 is 0 Å². The van der Waals surface area contributed by atoms with Crippen molar-refractivity contribution in [3.63, 3.8) is 0 Å². The number of benzene rings is 3. The topological polar surface area (TPSA) is 92.7 Å². The summed E-state index contributed by atoms with van der Waals surface area (Å²) in [7, 11) is -2.15. The van der Waals surface area contributed by atoms with Crippen molar-refractivity contribution in [2.75, 3.05) is 17.3 Å². The zero-order valence-corrected chi connectivity index (χ0v) is 18.4. The fourth-order valence-electron chi connectivity index (χ4n) is 3.08. The van der Waals surface area contributed by atoms with Gasteiger partial charge in [0.2, 0.25) is 0 Å². The second kappa shape index (κ2) is 9.07. The molecule has 2 N–H and O–H groups in total. The third kappa shape index (κ3) is 4.87. The maximum absolute atomic E-state index is 12.7. The summed E-state index contributed by atoms with van der Waals surface area (Å²) in [5.74, 6) is 1.28. The molecule has 32 heavy (non-hydrogen) atoms. The van der Waals surface area contributed by atoms with Gasteiger partial charge in [-0.1, -0.05) is 30.3 Å². The molecular formula is C24H22N4O3S. The van der Waals surface area contributed by atoms with Gasteiger partial charge in [0.1, 0.15) is 11.6 Å². The lowest BCUT2D eigenvalue weighted by Gasteiger charge is -2.10. The molecule has 0 spiro atoms. The molecule has 0 aliphatic rings. The quantitative estimate of drug-likeness (QED) is 0.312. The van der Waals surface area contributed by atoms with Crippen molar-refractivity contribution in [2.24, 2.45) is 5.10 Å². The van der Waals surface area contributed by atoms with Gasteiger partial charge in [0, 0.05) is 11.1 Å². The van der Waals surface area contributed by atoms with Crippen molar-refractivity contribution < 1.29 is 13.2 Å². The minimum absolute atomic E-state index is 0.161. The average Bonchev–Trinajstić information content (AvgIpc) is 2.82. The summed E-state index contributed by atoms with van der Waals surface area (Å²) in [6.07, 6.45) is 0. The zero-order valence-electron chi connectivity index (χ0n) is 17.6. The van der Waals surface area contributed by atoms with E-state index in [4.69, 9.17) is 4.74 Å². The normalized spacial score (nSPS) is 11.9. The third-order valence-electron chi connectivity index (χ3n) is 4.86. The molecule has 162 valence electrons. The zero-order chi connectivity index (χ0) is 22.6. The molecule has 0 radical (unpaired) electrons. The number of pyridine rings is 1. The Bertz CT molecular complexity index is 1370. The highest BCUT2D eigenvalue weighted by atomic mass is 32.2. The molecule has 4 aromatic rings. The van der Waals surface area contributed by atoms with Crippen LogP contribution in [0.25, 0.3) is 10.9 Å². The van der Waals surface area contributed by atoms with Gasteiger partial charge in [0.05, 0.1) is 23.2 Å². The first-order chi connectivity index (χ1) is 15.4. The molecule has 0 saturated heterocycles. The number of methoxy groups -OCH3 is 1. The van der Waals surface area contributed by atoms with Crippen molar-refractivity contribution in [3.05, 3.63) is 90.5 Å². The average molecular weight is 447 g/mol. The fraction of sp³-hybridized carbons (Fsp3) is 0.0833. The van der Waals surface area contributed by atoms with Gasteiger partial charge in [-0.2, -0.15) is 5.10 Å². The van der Waals surface area contributed by atoms with E-state index in [-0.39, 0.29) is 4.90 Å². The molecule has 0 saturated carbocycles. The van der Waals surface area contributed by atoms with E-state index in [9.17, 15) is 8.42 Å². The maximum Gasteiger partial charge on any atom is 0.261 e. The molecule has 1 aromatic heterocycles. The van der Waals surface area contributed by atoms with Crippen LogP contribution in [0.1, 0.15) is 12.5 Å². The Kier molecular flexibility index (Phi) is 6.04. The van der Waals surface area contributed by atoms with Crippen LogP contribution in [0.3, 0.4) is 0 Å². The first-order valence-corrected chi connectivity index (χ1v) is 11.4. The summed E-state index contributed by atoms with van der Waals surface area (Å²) < 4.78 is 33.0. The number of ether oxygens (including phenoxy) is 1. The largest absolute Gasteiger partial charge is 0.497 e. The summed E-state index contributed by atoms with van der Waals surface area (Å²) in [5.41, 5.74) is 5.79. The van der Waals surface area contributed by atoms with E-state index < -0.39 is 10.0 Å². The first kappa shape index (κ1) is 21.3. The number of para-hydroxylation sites is 1. The molecule has 3 aromatic carbocycles. The lowest BCUT2D eigenvalue weighted by molar-refractivity contribution is 0.415. The van der Waals surface area contributed by atoms with E-state index in [1.165, 1.54) is 0 Å². The maximum atomic E-state index is 12.7. The van der Waals surface area contributed by atoms with E-state index in [0.29, 0.717) is 23.0 Å². The molecule has 0 aliphatic carbocycles. The molecule has 0 fully saturated rings. The van der Waals surface area contributed by atoms with E-state index in [1.807, 2.05) is 43.3 Å². The predicted octanol–water partition coefficient (Wildman–Crippen LogP) is 4.88. The molecular weight excluding hydrogens is 424 g/mol. The Morgan fingerprint density at radius 2 is 1.62 bits per heavy atom. The molecule has 4 rings (SSSR count). The van der Waals surface area contributed by atoms with Gasteiger partial charge < -0.3 is 4.74 Å². The van der Waals surface area contributed by atoms with Gasteiger partial charge in [0.25, 0.3) is 10.0 Å². The number of sulfonamides is 1. The van der Waals surface area contributed by atoms with Crippen LogP contribution in [0, 0.1) is 0 Å². The van der Waals surface area contributed by atoms with Crippen LogP contribution in [0.4, 0.5) is 11.5 Å². The van der Waals surface area contributed by atoms with Crippen molar-refractivity contribution in [1.29, 1.82) is 0 Å². The summed E-state index contributed by atoms with van der Waals surface area (Å²) in [6, 6.07) is 24.9. The SMILES string of the molecule is COc1ccc(NS(=O)(=O)c2ccc(C(C)=NNc3ccc4ccccc4n3)cc2)cc1. The first-order valence-electron chi connectivity index (χ1n) is 9.88. The predicted molar refractivity (Wildman–Crippen MR) is 128 cm³/mol. The van der Waals surface area contributed by atoms with Crippen LogP contribution in [-0.2, 0) is 10.0 Å². The van der Waals surface area contributed by atoms with Gasteiger partial charge in [-0.3, -0.25) is 10.1 Å². The van der Waals surface area contributed by atoms with Crippen LogP contribution in [0.2, 0.25) is 0 Å². The summed E-state index contributed by atoms with van der Waals surface area (Å²) in [4.78, 5) is 4.69. The number of fused-ring (bicyclic) bond motifs is 1. The Labute approximate surface area is 186 Å². The lowest BCUT2D eigenvalue weighted by atomic mass is 10.1. The number of rotatable bonds is 7. The molecule has 0 amide bonds. The molecule has 1 heterocycles. The van der Waals surface area contributed by atoms with Crippen LogP contribution in [-0.4, -0.2) is 26.2 Å². The number of hydrogen-bond donors (Lipinski definition) is 2. The smallest absolute Gasteiger partial charge is 0.261 e. The standard InChI is InChI=1S/C24H22N4O3S/c1-17(26-27-24-16-9-19-5-3-4-6-23(19)25-24)18-7-14-22(15-8-18)32(29,30)28-20-10-12-21(31-2)13-11-20/h3-16,28H,1-2H3,(H,25,27). The molecule has 0 bridgehead atoms. The van der Waals surface area contributed by atoms with Gasteiger partial charge in [0.15, 0.2) is 0 Å². The minimum Gasteiger partial charge on any atom is -0.497 e. The molecule has 8 heteroatoms. The summed E-state index contributed by atoms with van der Waals surface area (Å²) >= 11 is 0. The van der Waals surface area contributed by atoms with Crippen LogP contribution < -0.4 is 14.9 Å². The van der Waals surface area contributed by atoms with Crippen LogP contribution in [0.5, 0.6) is 5.75 Å². The minimum atomic E-state index is -3.71. The highest BCUT2D eigenvalue weighted by Crippen LogP contribution is 2.20. The Hall–Kier alpha value is -3.91. The highest BCUT2D eigenvalue weighted by Gasteiger charge is 2.14. The van der Waals surface area contributed by atoms with Crippen molar-refractivity contribution in [2.45, 2.75) is 11.8 Å². The second-order valence-corrected chi connectivity index (χ2v) is 8.74. The monoisotopic (exact) mass is 446 g/mol. The second-order valence-electron chi connectivity index (χ2n) is 7.06. The van der Waals surface area contributed by atoms with Gasteiger partial charge >= 0.3 is 0 Å². The van der Waals surface area contributed by atoms with E-state index in [1.54, 1.807) is 55.6 Å². The van der Waals surface area contributed by atoms with Crippen LogP contribution >= 0.6 is 0 Å².